The van der Waals surface area contributed by atoms with Crippen molar-refractivity contribution in [3.05, 3.63) is 58.1 Å². The van der Waals surface area contributed by atoms with Gasteiger partial charge in [0, 0.05) is 37.9 Å². The Hall–Kier alpha value is -3.02. The second kappa shape index (κ2) is 9.63. The molecule has 32 heavy (non-hydrogen) atoms. The molecule has 4 rings (SSSR count). The predicted molar refractivity (Wildman–Crippen MR) is 122 cm³/mol. The Bertz CT molecular complexity index is 1090. The predicted octanol–water partition coefficient (Wildman–Crippen LogP) is 2.66. The number of sulfonamides is 1. The molecule has 2 aliphatic rings. The molecule has 0 aliphatic carbocycles. The molecule has 170 valence electrons. The highest BCUT2D eigenvalue weighted by molar-refractivity contribution is 7.89. The topological polar surface area (TPSA) is 117 Å². The Balaban J connectivity index is 1.48. The zero-order chi connectivity index (χ0) is 22.6. The van der Waals surface area contributed by atoms with Crippen molar-refractivity contribution >= 4 is 33.3 Å². The molecule has 0 saturated carbocycles. The van der Waals surface area contributed by atoms with Crippen LogP contribution in [0.3, 0.4) is 0 Å². The number of nitro groups is 1. The van der Waals surface area contributed by atoms with E-state index in [1.54, 1.807) is 6.21 Å². The fourth-order valence-corrected chi connectivity index (χ4v) is 5.20. The van der Waals surface area contributed by atoms with E-state index >= 15 is 0 Å². The van der Waals surface area contributed by atoms with Crippen molar-refractivity contribution in [3.63, 3.8) is 0 Å². The van der Waals surface area contributed by atoms with Crippen LogP contribution >= 0.6 is 0 Å². The largest absolute Gasteiger partial charge is 0.379 e. The van der Waals surface area contributed by atoms with E-state index in [2.05, 4.69) is 15.4 Å². The standard InChI is InChI=1S/C21H25N5O5S/c27-26(28)21-15-19(32(29,30)25-11-13-31-14-12-25)7-8-20(21)23-22-16-17-3-5-18(6-4-17)24-9-1-2-10-24/h3-8,15-16,23H,1-2,9-14H2/b22-16+. The lowest BCUT2D eigenvalue weighted by molar-refractivity contribution is -0.384. The number of anilines is 2. The summed E-state index contributed by atoms with van der Waals surface area (Å²) < 4.78 is 32.0. The van der Waals surface area contributed by atoms with E-state index < -0.39 is 14.9 Å². The Morgan fingerprint density at radius 1 is 1.03 bits per heavy atom. The number of hydrogen-bond donors (Lipinski definition) is 1. The number of ether oxygens (including phenoxy) is 1. The average Bonchev–Trinajstić information content (AvgIpc) is 3.35. The average molecular weight is 460 g/mol. The fraction of sp³-hybridized carbons (Fsp3) is 0.381. The Morgan fingerprint density at radius 3 is 2.38 bits per heavy atom. The van der Waals surface area contributed by atoms with Crippen LogP contribution in [-0.2, 0) is 14.8 Å². The number of nitrogens with one attached hydrogen (secondary N) is 1. The van der Waals surface area contributed by atoms with Gasteiger partial charge < -0.3 is 9.64 Å². The van der Waals surface area contributed by atoms with Crippen LogP contribution in [0.2, 0.25) is 0 Å². The molecule has 2 aromatic carbocycles. The monoisotopic (exact) mass is 459 g/mol. The van der Waals surface area contributed by atoms with Gasteiger partial charge in [-0.3, -0.25) is 15.5 Å². The van der Waals surface area contributed by atoms with Gasteiger partial charge in [-0.05, 0) is 42.7 Å². The van der Waals surface area contributed by atoms with Gasteiger partial charge in [0.1, 0.15) is 5.69 Å². The van der Waals surface area contributed by atoms with Crippen molar-refractivity contribution in [2.24, 2.45) is 5.10 Å². The van der Waals surface area contributed by atoms with Crippen LogP contribution in [0.5, 0.6) is 0 Å². The number of benzene rings is 2. The van der Waals surface area contributed by atoms with Crippen LogP contribution in [0.4, 0.5) is 17.1 Å². The van der Waals surface area contributed by atoms with Crippen LogP contribution < -0.4 is 10.3 Å². The molecular weight excluding hydrogens is 434 g/mol. The van der Waals surface area contributed by atoms with Gasteiger partial charge in [0.05, 0.1) is 29.2 Å². The summed E-state index contributed by atoms with van der Waals surface area (Å²) in [6, 6.07) is 11.7. The minimum Gasteiger partial charge on any atom is -0.379 e. The molecule has 2 aliphatic heterocycles. The normalized spacial score (nSPS) is 17.7. The van der Waals surface area contributed by atoms with Gasteiger partial charge >= 0.3 is 0 Å². The summed E-state index contributed by atoms with van der Waals surface area (Å²) in [6.45, 7) is 3.17. The Labute approximate surface area is 186 Å². The van der Waals surface area contributed by atoms with Crippen molar-refractivity contribution in [3.8, 4) is 0 Å². The van der Waals surface area contributed by atoms with Gasteiger partial charge in [-0.2, -0.15) is 9.41 Å². The molecular formula is C21H25N5O5S. The number of hydrazone groups is 1. The van der Waals surface area contributed by atoms with E-state index in [0.717, 1.165) is 24.7 Å². The molecule has 2 saturated heterocycles. The van der Waals surface area contributed by atoms with E-state index in [-0.39, 0.29) is 29.4 Å². The van der Waals surface area contributed by atoms with Crippen LogP contribution in [0.1, 0.15) is 18.4 Å². The van der Waals surface area contributed by atoms with Crippen molar-refractivity contribution < 1.29 is 18.1 Å². The Kier molecular flexibility index (Phi) is 6.68. The minimum absolute atomic E-state index is 0.112. The third-order valence-electron chi connectivity index (χ3n) is 5.54. The van der Waals surface area contributed by atoms with Crippen LogP contribution in [0.25, 0.3) is 0 Å². The summed E-state index contributed by atoms with van der Waals surface area (Å²) in [5.41, 5.74) is 4.42. The molecule has 0 amide bonds. The van der Waals surface area contributed by atoms with Crippen LogP contribution in [0, 0.1) is 10.1 Å². The van der Waals surface area contributed by atoms with Gasteiger partial charge in [-0.25, -0.2) is 8.42 Å². The maximum absolute atomic E-state index is 12.8. The summed E-state index contributed by atoms with van der Waals surface area (Å²) in [5.74, 6) is 0. The third kappa shape index (κ3) is 4.90. The van der Waals surface area contributed by atoms with Crippen molar-refractivity contribution in [2.45, 2.75) is 17.7 Å². The lowest BCUT2D eigenvalue weighted by Gasteiger charge is -2.26. The fourth-order valence-electron chi connectivity index (χ4n) is 3.78. The quantitative estimate of drug-likeness (QED) is 0.384. The molecule has 0 atom stereocenters. The van der Waals surface area contributed by atoms with Gasteiger partial charge in [0.2, 0.25) is 10.0 Å². The van der Waals surface area contributed by atoms with Gasteiger partial charge in [0.25, 0.3) is 5.69 Å². The minimum atomic E-state index is -3.83. The van der Waals surface area contributed by atoms with Gasteiger partial charge in [-0.15, -0.1) is 0 Å². The van der Waals surface area contributed by atoms with E-state index in [1.807, 2.05) is 24.3 Å². The summed E-state index contributed by atoms with van der Waals surface area (Å²) in [6.07, 6.45) is 3.98. The summed E-state index contributed by atoms with van der Waals surface area (Å²) >= 11 is 0. The molecule has 2 aromatic rings. The van der Waals surface area contributed by atoms with Crippen LogP contribution in [-0.4, -0.2) is 63.3 Å². The zero-order valence-corrected chi connectivity index (χ0v) is 18.3. The first-order chi connectivity index (χ1) is 15.4. The van der Waals surface area contributed by atoms with E-state index in [1.165, 1.54) is 35.0 Å². The highest BCUT2D eigenvalue weighted by Crippen LogP contribution is 2.29. The summed E-state index contributed by atoms with van der Waals surface area (Å²) in [5, 5.41) is 15.6. The first kappa shape index (κ1) is 22.2. The maximum Gasteiger partial charge on any atom is 0.295 e. The maximum atomic E-state index is 12.8. The zero-order valence-electron chi connectivity index (χ0n) is 17.5. The molecule has 2 fully saturated rings. The molecule has 10 nitrogen and oxygen atoms in total. The number of hydrogen-bond acceptors (Lipinski definition) is 8. The molecule has 0 aromatic heterocycles. The smallest absolute Gasteiger partial charge is 0.295 e. The van der Waals surface area contributed by atoms with Gasteiger partial charge in [-0.1, -0.05) is 12.1 Å². The third-order valence-corrected chi connectivity index (χ3v) is 7.43. The second-order valence-electron chi connectivity index (χ2n) is 7.61. The van der Waals surface area contributed by atoms with Crippen LogP contribution in [0.15, 0.2) is 52.5 Å². The molecule has 0 unspecified atom stereocenters. The SMILES string of the molecule is O=[N+]([O-])c1cc(S(=O)(=O)N2CCOCC2)ccc1N/N=C/c1ccc(N2CCCC2)cc1. The molecule has 0 radical (unpaired) electrons. The number of rotatable bonds is 7. The summed E-state index contributed by atoms with van der Waals surface area (Å²) in [7, 11) is -3.83. The van der Waals surface area contributed by atoms with E-state index in [0.29, 0.717) is 13.2 Å². The lowest BCUT2D eigenvalue weighted by Crippen LogP contribution is -2.40. The molecule has 2 heterocycles. The van der Waals surface area contributed by atoms with E-state index in [9.17, 15) is 18.5 Å². The van der Waals surface area contributed by atoms with Crippen molar-refractivity contribution in [1.82, 2.24) is 4.31 Å². The molecule has 11 heteroatoms. The molecule has 1 N–H and O–H groups in total. The number of nitrogens with zero attached hydrogens (tertiary/aromatic N) is 4. The lowest BCUT2D eigenvalue weighted by atomic mass is 10.2. The highest BCUT2D eigenvalue weighted by Gasteiger charge is 2.28. The number of morpholine rings is 1. The molecule has 0 spiro atoms. The van der Waals surface area contributed by atoms with Crippen molar-refractivity contribution in [1.29, 1.82) is 0 Å². The van der Waals surface area contributed by atoms with Crippen molar-refractivity contribution in [2.75, 3.05) is 49.7 Å². The second-order valence-corrected chi connectivity index (χ2v) is 9.55. The van der Waals surface area contributed by atoms with Gasteiger partial charge in [0.15, 0.2) is 0 Å². The highest BCUT2D eigenvalue weighted by atomic mass is 32.2. The summed E-state index contributed by atoms with van der Waals surface area (Å²) in [4.78, 5) is 13.1. The molecule has 0 bridgehead atoms. The Morgan fingerprint density at radius 2 is 1.72 bits per heavy atom. The number of nitro benzene ring substituents is 1. The van der Waals surface area contributed by atoms with E-state index in [4.69, 9.17) is 4.74 Å². The first-order valence-corrected chi connectivity index (χ1v) is 11.9. The first-order valence-electron chi connectivity index (χ1n) is 10.5.